The molecule has 3 aromatic rings. The van der Waals surface area contributed by atoms with Crippen LogP contribution in [0.5, 0.6) is 17.2 Å². The number of ketones is 1. The fourth-order valence-electron chi connectivity index (χ4n) is 3.07. The average molecular weight is 549 g/mol. The Morgan fingerprint density at radius 3 is 2.13 bits per heavy atom. The fourth-order valence-corrected chi connectivity index (χ4v) is 4.39. The second-order valence-corrected chi connectivity index (χ2v) is 8.75. The molecule has 3 aromatic carbocycles. The van der Waals surface area contributed by atoms with E-state index in [1.54, 1.807) is 43.5 Å². The van der Waals surface area contributed by atoms with E-state index >= 15 is 0 Å². The molecule has 0 saturated carbocycles. The van der Waals surface area contributed by atoms with E-state index in [0.29, 0.717) is 37.3 Å². The molecule has 0 radical (unpaired) electrons. The highest BCUT2D eigenvalue weighted by Crippen LogP contribution is 2.43. The Kier molecular flexibility index (Phi) is 7.12. The van der Waals surface area contributed by atoms with Crippen LogP contribution in [0.1, 0.15) is 41.3 Å². The molecule has 8 heteroatoms. The zero-order valence-corrected chi connectivity index (χ0v) is 20.2. The summed E-state index contributed by atoms with van der Waals surface area (Å²) in [6.45, 7) is 4.02. The van der Waals surface area contributed by atoms with Crippen LogP contribution in [0.3, 0.4) is 0 Å². The molecule has 0 bridgehead atoms. The Hall–Kier alpha value is -2.71. The zero-order valence-electron chi connectivity index (χ0n) is 17.0. The van der Waals surface area contributed by atoms with Gasteiger partial charge in [0.05, 0.1) is 26.5 Å². The third-order valence-corrected chi connectivity index (χ3v) is 5.82. The molecule has 0 atom stereocenters. The van der Waals surface area contributed by atoms with Crippen molar-refractivity contribution in [3.05, 3.63) is 90.3 Å². The first-order valence-corrected chi connectivity index (χ1v) is 10.9. The standard InChI is InChI=1S/C23H19Br2NO5/c1-13(2)16-11-21(31-23-18(24)9-15(26(28)29)10-19(23)25)17(12-20(16)30-3)22(27)14-7-5-4-6-8-14/h4-13H,1-3H3. The number of nitrogens with zero attached hydrogens (tertiary/aromatic N) is 1. The van der Waals surface area contributed by atoms with Crippen molar-refractivity contribution in [2.24, 2.45) is 0 Å². The first-order valence-electron chi connectivity index (χ1n) is 9.35. The Labute approximate surface area is 196 Å². The lowest BCUT2D eigenvalue weighted by molar-refractivity contribution is -0.385. The molecular formula is C23H19Br2NO5. The van der Waals surface area contributed by atoms with Crippen molar-refractivity contribution < 1.29 is 19.2 Å². The summed E-state index contributed by atoms with van der Waals surface area (Å²) < 4.78 is 12.4. The maximum atomic E-state index is 13.3. The Bertz CT molecular complexity index is 1120. The smallest absolute Gasteiger partial charge is 0.271 e. The lowest BCUT2D eigenvalue weighted by atomic mass is 9.95. The summed E-state index contributed by atoms with van der Waals surface area (Å²) in [5.41, 5.74) is 1.61. The maximum Gasteiger partial charge on any atom is 0.271 e. The van der Waals surface area contributed by atoms with Gasteiger partial charge in [-0.1, -0.05) is 44.2 Å². The van der Waals surface area contributed by atoms with E-state index in [1.165, 1.54) is 12.1 Å². The Morgan fingerprint density at radius 2 is 1.61 bits per heavy atom. The van der Waals surface area contributed by atoms with Crippen LogP contribution in [0.2, 0.25) is 0 Å². The lowest BCUT2D eigenvalue weighted by Gasteiger charge is -2.18. The first kappa shape index (κ1) is 23.0. The van der Waals surface area contributed by atoms with Gasteiger partial charge in [-0.15, -0.1) is 0 Å². The van der Waals surface area contributed by atoms with E-state index in [4.69, 9.17) is 9.47 Å². The van der Waals surface area contributed by atoms with Gasteiger partial charge in [-0.3, -0.25) is 14.9 Å². The molecule has 31 heavy (non-hydrogen) atoms. The number of methoxy groups -OCH3 is 1. The number of ether oxygens (including phenoxy) is 2. The fraction of sp³-hybridized carbons (Fsp3) is 0.174. The lowest BCUT2D eigenvalue weighted by Crippen LogP contribution is -2.07. The monoisotopic (exact) mass is 547 g/mol. The normalized spacial score (nSPS) is 10.8. The van der Waals surface area contributed by atoms with Crippen molar-refractivity contribution in [3.63, 3.8) is 0 Å². The van der Waals surface area contributed by atoms with Crippen LogP contribution in [0.25, 0.3) is 0 Å². The molecule has 0 fully saturated rings. The molecule has 0 unspecified atom stereocenters. The topological polar surface area (TPSA) is 78.7 Å². The van der Waals surface area contributed by atoms with Crippen LogP contribution in [0.4, 0.5) is 5.69 Å². The van der Waals surface area contributed by atoms with Crippen molar-refractivity contribution in [2.75, 3.05) is 7.11 Å². The SMILES string of the molecule is COc1cc(C(=O)c2ccccc2)c(Oc2c(Br)cc([N+](=O)[O-])cc2Br)cc1C(C)C. The molecule has 0 saturated heterocycles. The molecule has 0 aromatic heterocycles. The molecule has 0 N–H and O–H groups in total. The van der Waals surface area contributed by atoms with Crippen molar-refractivity contribution in [1.82, 2.24) is 0 Å². The van der Waals surface area contributed by atoms with Crippen LogP contribution in [-0.2, 0) is 0 Å². The van der Waals surface area contributed by atoms with Crippen LogP contribution in [-0.4, -0.2) is 17.8 Å². The van der Waals surface area contributed by atoms with Gasteiger partial charge in [0.2, 0.25) is 0 Å². The van der Waals surface area contributed by atoms with E-state index in [9.17, 15) is 14.9 Å². The van der Waals surface area contributed by atoms with Gasteiger partial charge < -0.3 is 9.47 Å². The second kappa shape index (κ2) is 9.62. The molecule has 6 nitrogen and oxygen atoms in total. The minimum absolute atomic E-state index is 0.0933. The van der Waals surface area contributed by atoms with Crippen LogP contribution in [0.15, 0.2) is 63.5 Å². The van der Waals surface area contributed by atoms with Crippen molar-refractivity contribution in [3.8, 4) is 17.2 Å². The molecular weight excluding hydrogens is 530 g/mol. The second-order valence-electron chi connectivity index (χ2n) is 7.04. The predicted molar refractivity (Wildman–Crippen MR) is 126 cm³/mol. The van der Waals surface area contributed by atoms with Gasteiger partial charge in [-0.25, -0.2) is 0 Å². The van der Waals surface area contributed by atoms with Gasteiger partial charge in [0, 0.05) is 23.3 Å². The number of halogens is 2. The molecule has 0 aliphatic heterocycles. The summed E-state index contributed by atoms with van der Waals surface area (Å²) >= 11 is 6.67. The van der Waals surface area contributed by atoms with Crippen molar-refractivity contribution in [2.45, 2.75) is 19.8 Å². The Morgan fingerprint density at radius 1 is 1.00 bits per heavy atom. The van der Waals surface area contributed by atoms with Gasteiger partial charge in [-0.2, -0.15) is 0 Å². The molecule has 0 aliphatic carbocycles. The number of hydrogen-bond donors (Lipinski definition) is 0. The number of nitro groups is 1. The number of rotatable bonds is 7. The quantitative estimate of drug-likeness (QED) is 0.176. The van der Waals surface area contributed by atoms with Gasteiger partial charge >= 0.3 is 0 Å². The number of nitro benzene ring substituents is 1. The van der Waals surface area contributed by atoms with Crippen molar-refractivity contribution in [1.29, 1.82) is 0 Å². The van der Waals surface area contributed by atoms with Gasteiger partial charge in [0.15, 0.2) is 11.5 Å². The molecule has 160 valence electrons. The maximum absolute atomic E-state index is 13.3. The van der Waals surface area contributed by atoms with E-state index in [0.717, 1.165) is 5.56 Å². The first-order chi connectivity index (χ1) is 14.7. The van der Waals surface area contributed by atoms with Crippen LogP contribution >= 0.6 is 31.9 Å². The van der Waals surface area contributed by atoms with E-state index in [-0.39, 0.29) is 17.4 Å². The summed E-state index contributed by atoms with van der Waals surface area (Å²) in [5.74, 6) is 1.13. The number of non-ortho nitro benzene ring substituents is 1. The highest BCUT2D eigenvalue weighted by molar-refractivity contribution is 9.11. The van der Waals surface area contributed by atoms with Crippen LogP contribution in [0, 0.1) is 10.1 Å². The van der Waals surface area contributed by atoms with Gasteiger partial charge in [-0.05, 0) is 49.9 Å². The molecule has 0 amide bonds. The van der Waals surface area contributed by atoms with E-state index in [1.807, 2.05) is 19.9 Å². The third-order valence-electron chi connectivity index (χ3n) is 4.64. The van der Waals surface area contributed by atoms with Crippen molar-refractivity contribution >= 4 is 43.3 Å². The zero-order chi connectivity index (χ0) is 22.7. The predicted octanol–water partition coefficient (Wildman–Crippen LogP) is 7.28. The molecule has 3 rings (SSSR count). The molecule has 0 spiro atoms. The van der Waals surface area contributed by atoms with Crippen LogP contribution < -0.4 is 9.47 Å². The molecule has 0 heterocycles. The summed E-state index contributed by atoms with van der Waals surface area (Å²) in [7, 11) is 1.56. The van der Waals surface area contributed by atoms with Gasteiger partial charge in [0.25, 0.3) is 5.69 Å². The third kappa shape index (κ3) is 4.97. The summed E-state index contributed by atoms with van der Waals surface area (Å²) in [6.07, 6.45) is 0. The summed E-state index contributed by atoms with van der Waals surface area (Å²) in [6, 6.07) is 15.0. The van der Waals surface area contributed by atoms with E-state index in [2.05, 4.69) is 31.9 Å². The minimum atomic E-state index is -0.492. The highest BCUT2D eigenvalue weighted by Gasteiger charge is 2.23. The number of carbonyl (C=O) groups is 1. The Balaban J connectivity index is 2.17. The largest absolute Gasteiger partial charge is 0.496 e. The average Bonchev–Trinajstić information content (AvgIpc) is 2.75. The summed E-state index contributed by atoms with van der Waals surface area (Å²) in [4.78, 5) is 23.9. The van der Waals surface area contributed by atoms with Gasteiger partial charge in [0.1, 0.15) is 11.5 Å². The molecule has 0 aliphatic rings. The number of hydrogen-bond acceptors (Lipinski definition) is 5. The summed E-state index contributed by atoms with van der Waals surface area (Å²) in [5, 5.41) is 11.1. The highest BCUT2D eigenvalue weighted by atomic mass is 79.9. The minimum Gasteiger partial charge on any atom is -0.496 e. The number of carbonyl (C=O) groups excluding carboxylic acids is 1. The number of benzene rings is 3. The van der Waals surface area contributed by atoms with E-state index < -0.39 is 4.92 Å².